The van der Waals surface area contributed by atoms with Gasteiger partial charge in [-0.1, -0.05) is 52.9 Å². The second kappa shape index (κ2) is 8.28. The lowest BCUT2D eigenvalue weighted by Crippen LogP contribution is -2.19. The molecule has 0 aromatic carbocycles. The fourth-order valence-corrected chi connectivity index (χ4v) is 2.25. The number of aliphatic hydroxyl groups excluding tert-OH is 1. The second-order valence-corrected chi connectivity index (χ2v) is 4.49. The van der Waals surface area contributed by atoms with Crippen LogP contribution < -0.4 is 0 Å². The number of unbranched alkanes of at least 4 members (excludes halogenated alkanes) is 2. The van der Waals surface area contributed by atoms with Crippen LogP contribution in [0.1, 0.15) is 72.1 Å². The van der Waals surface area contributed by atoms with Crippen molar-refractivity contribution < 1.29 is 5.11 Å². The van der Waals surface area contributed by atoms with Gasteiger partial charge >= 0.3 is 0 Å². The zero-order chi connectivity index (χ0) is 10.9. The average Bonchev–Trinajstić information content (AvgIpc) is 2.24. The summed E-state index contributed by atoms with van der Waals surface area (Å²) in [5.41, 5.74) is 0.575. The largest absolute Gasteiger partial charge is 0.396 e. The van der Waals surface area contributed by atoms with E-state index in [1.54, 1.807) is 0 Å². The summed E-state index contributed by atoms with van der Waals surface area (Å²) in [5, 5.41) is 8.78. The lowest BCUT2D eigenvalue weighted by Gasteiger charge is -2.32. The van der Waals surface area contributed by atoms with E-state index in [4.69, 9.17) is 5.11 Å². The standard InChI is InChI=1S/C13H28O/c1-4-7-10-13(5-2,6-3)11-8-9-12-14/h14H,4-12H2,1-3H3. The first-order valence-electron chi connectivity index (χ1n) is 6.35. The highest BCUT2D eigenvalue weighted by molar-refractivity contribution is 4.76. The van der Waals surface area contributed by atoms with Crippen molar-refractivity contribution in [2.24, 2.45) is 5.41 Å². The molecule has 0 spiro atoms. The molecule has 86 valence electrons. The van der Waals surface area contributed by atoms with Crippen molar-refractivity contribution in [3.05, 3.63) is 0 Å². The monoisotopic (exact) mass is 200 g/mol. The molecule has 0 saturated carbocycles. The van der Waals surface area contributed by atoms with Crippen LogP contribution in [-0.4, -0.2) is 11.7 Å². The van der Waals surface area contributed by atoms with E-state index in [0.717, 1.165) is 6.42 Å². The van der Waals surface area contributed by atoms with Crippen molar-refractivity contribution in [3.63, 3.8) is 0 Å². The smallest absolute Gasteiger partial charge is 0.0431 e. The summed E-state index contributed by atoms with van der Waals surface area (Å²) in [6.07, 6.45) is 10.1. The van der Waals surface area contributed by atoms with Crippen LogP contribution in [0.4, 0.5) is 0 Å². The summed E-state index contributed by atoms with van der Waals surface area (Å²) >= 11 is 0. The van der Waals surface area contributed by atoms with Gasteiger partial charge in [-0.05, 0) is 24.7 Å². The lowest BCUT2D eigenvalue weighted by molar-refractivity contribution is 0.194. The van der Waals surface area contributed by atoms with Crippen LogP contribution >= 0.6 is 0 Å². The quantitative estimate of drug-likeness (QED) is 0.554. The van der Waals surface area contributed by atoms with E-state index < -0.39 is 0 Å². The Morgan fingerprint density at radius 2 is 1.43 bits per heavy atom. The van der Waals surface area contributed by atoms with Crippen LogP contribution in [0, 0.1) is 5.41 Å². The van der Waals surface area contributed by atoms with Gasteiger partial charge in [0.2, 0.25) is 0 Å². The van der Waals surface area contributed by atoms with E-state index in [2.05, 4.69) is 20.8 Å². The minimum absolute atomic E-state index is 0.358. The molecular formula is C13H28O. The maximum Gasteiger partial charge on any atom is 0.0431 e. The van der Waals surface area contributed by atoms with Crippen molar-refractivity contribution in [1.82, 2.24) is 0 Å². The van der Waals surface area contributed by atoms with Crippen LogP contribution in [0.3, 0.4) is 0 Å². The number of rotatable bonds is 9. The summed E-state index contributed by atoms with van der Waals surface area (Å²) in [6.45, 7) is 7.26. The third-order valence-electron chi connectivity index (χ3n) is 3.68. The SMILES string of the molecule is CCCCC(CC)(CC)CCCCO. The minimum Gasteiger partial charge on any atom is -0.396 e. The van der Waals surface area contributed by atoms with Crippen LogP contribution in [-0.2, 0) is 0 Å². The third kappa shape index (κ3) is 4.99. The van der Waals surface area contributed by atoms with Gasteiger partial charge in [0.15, 0.2) is 0 Å². The predicted octanol–water partition coefficient (Wildman–Crippen LogP) is 4.15. The van der Waals surface area contributed by atoms with E-state index in [-0.39, 0.29) is 0 Å². The van der Waals surface area contributed by atoms with Gasteiger partial charge in [0.05, 0.1) is 0 Å². The molecular weight excluding hydrogens is 172 g/mol. The Labute approximate surface area is 89.9 Å². The normalized spacial score (nSPS) is 12.0. The zero-order valence-corrected chi connectivity index (χ0v) is 10.3. The van der Waals surface area contributed by atoms with Gasteiger partial charge in [0.25, 0.3) is 0 Å². The van der Waals surface area contributed by atoms with E-state index in [0.29, 0.717) is 12.0 Å². The molecule has 0 aliphatic rings. The Kier molecular flexibility index (Phi) is 8.26. The van der Waals surface area contributed by atoms with E-state index >= 15 is 0 Å². The molecule has 0 bridgehead atoms. The summed E-state index contributed by atoms with van der Waals surface area (Å²) in [7, 11) is 0. The second-order valence-electron chi connectivity index (χ2n) is 4.49. The highest BCUT2D eigenvalue weighted by Crippen LogP contribution is 2.37. The molecule has 0 rings (SSSR count). The maximum atomic E-state index is 8.78. The molecule has 14 heavy (non-hydrogen) atoms. The first-order chi connectivity index (χ1) is 6.74. The Morgan fingerprint density at radius 3 is 1.86 bits per heavy atom. The lowest BCUT2D eigenvalue weighted by atomic mass is 9.74. The Bertz CT molecular complexity index is 116. The van der Waals surface area contributed by atoms with Gasteiger partial charge < -0.3 is 5.11 Å². The molecule has 0 unspecified atom stereocenters. The van der Waals surface area contributed by atoms with Crippen molar-refractivity contribution >= 4 is 0 Å². The summed E-state index contributed by atoms with van der Waals surface area (Å²) in [6, 6.07) is 0. The highest BCUT2D eigenvalue weighted by Gasteiger charge is 2.24. The van der Waals surface area contributed by atoms with Gasteiger partial charge in [0.1, 0.15) is 0 Å². The zero-order valence-electron chi connectivity index (χ0n) is 10.3. The molecule has 0 amide bonds. The Hall–Kier alpha value is -0.0400. The molecule has 0 aromatic rings. The third-order valence-corrected chi connectivity index (χ3v) is 3.68. The first-order valence-corrected chi connectivity index (χ1v) is 6.35. The Balaban J connectivity index is 3.94. The molecule has 0 saturated heterocycles. The van der Waals surface area contributed by atoms with Crippen molar-refractivity contribution in [2.75, 3.05) is 6.61 Å². The molecule has 0 atom stereocenters. The fourth-order valence-electron chi connectivity index (χ4n) is 2.25. The molecule has 0 aromatic heterocycles. The Morgan fingerprint density at radius 1 is 0.857 bits per heavy atom. The molecule has 1 heteroatoms. The molecule has 1 N–H and O–H groups in total. The van der Waals surface area contributed by atoms with E-state index in [1.807, 2.05) is 0 Å². The van der Waals surface area contributed by atoms with E-state index in [1.165, 1.54) is 44.9 Å². The van der Waals surface area contributed by atoms with Gasteiger partial charge in [0, 0.05) is 6.61 Å². The predicted molar refractivity (Wildman–Crippen MR) is 63.5 cm³/mol. The topological polar surface area (TPSA) is 20.2 Å². The van der Waals surface area contributed by atoms with Crippen LogP contribution in [0.5, 0.6) is 0 Å². The molecule has 0 radical (unpaired) electrons. The minimum atomic E-state index is 0.358. The molecule has 0 fully saturated rings. The van der Waals surface area contributed by atoms with Gasteiger partial charge in [-0.2, -0.15) is 0 Å². The summed E-state index contributed by atoms with van der Waals surface area (Å²) in [4.78, 5) is 0. The highest BCUT2D eigenvalue weighted by atomic mass is 16.2. The van der Waals surface area contributed by atoms with Crippen LogP contribution in [0.15, 0.2) is 0 Å². The number of hydrogen-bond donors (Lipinski definition) is 1. The molecule has 1 nitrogen and oxygen atoms in total. The summed E-state index contributed by atoms with van der Waals surface area (Å²) in [5.74, 6) is 0. The van der Waals surface area contributed by atoms with Crippen molar-refractivity contribution in [1.29, 1.82) is 0 Å². The molecule has 0 heterocycles. The van der Waals surface area contributed by atoms with Crippen LogP contribution in [0.2, 0.25) is 0 Å². The number of hydrogen-bond acceptors (Lipinski definition) is 1. The average molecular weight is 200 g/mol. The fraction of sp³-hybridized carbons (Fsp3) is 1.00. The van der Waals surface area contributed by atoms with Gasteiger partial charge in [-0.15, -0.1) is 0 Å². The maximum absolute atomic E-state index is 8.78. The first kappa shape index (κ1) is 14.0. The number of aliphatic hydroxyl groups is 1. The van der Waals surface area contributed by atoms with Crippen molar-refractivity contribution in [3.8, 4) is 0 Å². The molecule has 0 aliphatic heterocycles. The van der Waals surface area contributed by atoms with Gasteiger partial charge in [-0.3, -0.25) is 0 Å². The summed E-state index contributed by atoms with van der Waals surface area (Å²) < 4.78 is 0. The van der Waals surface area contributed by atoms with Crippen LogP contribution in [0.25, 0.3) is 0 Å². The molecule has 0 aliphatic carbocycles. The van der Waals surface area contributed by atoms with Gasteiger partial charge in [-0.25, -0.2) is 0 Å². The van der Waals surface area contributed by atoms with E-state index in [9.17, 15) is 0 Å². The van der Waals surface area contributed by atoms with Crippen molar-refractivity contribution in [2.45, 2.75) is 72.1 Å².